The first-order valence-corrected chi connectivity index (χ1v) is 6.67. The Morgan fingerprint density at radius 1 is 1.18 bits per heavy atom. The number of pyridine rings is 1. The van der Waals surface area contributed by atoms with Crippen LogP contribution in [0.4, 0.5) is 0 Å². The summed E-state index contributed by atoms with van der Waals surface area (Å²) in [5.41, 5.74) is 1.17. The molecule has 0 saturated carbocycles. The Hall–Kier alpha value is -2.89. The van der Waals surface area contributed by atoms with Crippen molar-refractivity contribution in [2.45, 2.75) is 12.5 Å². The first-order valence-electron chi connectivity index (χ1n) is 6.67. The highest BCUT2D eigenvalue weighted by Gasteiger charge is 2.21. The zero-order chi connectivity index (χ0) is 15.9. The molecule has 114 valence electrons. The summed E-state index contributed by atoms with van der Waals surface area (Å²) in [6, 6.07) is 9.09. The maximum Gasteiger partial charge on any atom is 0.326 e. The van der Waals surface area contributed by atoms with Gasteiger partial charge in [-0.1, -0.05) is 12.1 Å². The number of benzene rings is 1. The molecule has 1 amide bonds. The van der Waals surface area contributed by atoms with Gasteiger partial charge in [-0.2, -0.15) is 0 Å². The number of ether oxygens (including phenoxy) is 1. The Bertz CT molecular complexity index is 641. The van der Waals surface area contributed by atoms with Crippen LogP contribution in [0.15, 0.2) is 48.8 Å². The highest BCUT2D eigenvalue weighted by molar-refractivity contribution is 5.96. The third-order valence-corrected chi connectivity index (χ3v) is 3.14. The molecule has 6 nitrogen and oxygen atoms in total. The molecule has 2 N–H and O–H groups in total. The molecule has 1 heterocycles. The zero-order valence-corrected chi connectivity index (χ0v) is 12.0. The lowest BCUT2D eigenvalue weighted by Gasteiger charge is -2.15. The maximum absolute atomic E-state index is 12.0. The van der Waals surface area contributed by atoms with E-state index in [0.717, 1.165) is 5.56 Å². The van der Waals surface area contributed by atoms with Gasteiger partial charge in [0.2, 0.25) is 0 Å². The van der Waals surface area contributed by atoms with Crippen molar-refractivity contribution >= 4 is 11.9 Å². The molecule has 22 heavy (non-hydrogen) atoms. The summed E-state index contributed by atoms with van der Waals surface area (Å²) >= 11 is 0. The van der Waals surface area contributed by atoms with Crippen LogP contribution >= 0.6 is 0 Å². The van der Waals surface area contributed by atoms with E-state index in [1.807, 2.05) is 0 Å². The number of carboxylic acid groups (broad SMARTS) is 1. The summed E-state index contributed by atoms with van der Waals surface area (Å²) in [6.07, 6.45) is 3.15. The number of amides is 1. The lowest BCUT2D eigenvalue weighted by atomic mass is 10.1. The van der Waals surface area contributed by atoms with Gasteiger partial charge in [0.1, 0.15) is 11.8 Å². The van der Waals surface area contributed by atoms with Crippen LogP contribution in [0.1, 0.15) is 15.9 Å². The van der Waals surface area contributed by atoms with Crippen LogP contribution in [-0.2, 0) is 11.2 Å². The minimum atomic E-state index is -1.08. The number of methoxy groups -OCH3 is 1. The Balaban J connectivity index is 2.06. The van der Waals surface area contributed by atoms with Gasteiger partial charge in [0, 0.05) is 24.4 Å². The molecule has 0 saturated heterocycles. The number of nitrogens with zero attached hydrogens (tertiary/aromatic N) is 1. The number of aliphatic carboxylic acids is 1. The highest BCUT2D eigenvalue weighted by Crippen LogP contribution is 2.13. The Kier molecular flexibility index (Phi) is 5.08. The number of carboxylic acids is 1. The summed E-state index contributed by atoms with van der Waals surface area (Å²) in [5.74, 6) is -0.835. The normalized spacial score (nSPS) is 11.5. The number of aromatic nitrogens is 1. The molecule has 0 aliphatic carbocycles. The Morgan fingerprint density at radius 2 is 1.82 bits per heavy atom. The van der Waals surface area contributed by atoms with E-state index in [9.17, 15) is 14.7 Å². The van der Waals surface area contributed by atoms with Crippen molar-refractivity contribution in [3.8, 4) is 5.75 Å². The van der Waals surface area contributed by atoms with Crippen molar-refractivity contribution in [1.82, 2.24) is 10.3 Å². The average molecular weight is 300 g/mol. The largest absolute Gasteiger partial charge is 0.497 e. The molecule has 0 aliphatic heterocycles. The molecule has 0 radical (unpaired) electrons. The number of hydrogen-bond acceptors (Lipinski definition) is 4. The molecule has 0 fully saturated rings. The molecule has 0 spiro atoms. The maximum atomic E-state index is 12.0. The van der Waals surface area contributed by atoms with Gasteiger partial charge < -0.3 is 15.2 Å². The van der Waals surface area contributed by atoms with Crippen LogP contribution in [0.25, 0.3) is 0 Å². The van der Waals surface area contributed by atoms with Crippen molar-refractivity contribution in [2.24, 2.45) is 0 Å². The number of carbonyl (C=O) groups excluding carboxylic acids is 1. The first-order chi connectivity index (χ1) is 10.6. The number of carbonyl (C=O) groups is 2. The van der Waals surface area contributed by atoms with Gasteiger partial charge in [-0.3, -0.25) is 9.78 Å². The Morgan fingerprint density at radius 3 is 2.36 bits per heavy atom. The fourth-order valence-electron chi connectivity index (χ4n) is 1.94. The predicted molar refractivity (Wildman–Crippen MR) is 79.8 cm³/mol. The fraction of sp³-hybridized carbons (Fsp3) is 0.188. The second kappa shape index (κ2) is 7.21. The van der Waals surface area contributed by atoms with Crippen LogP contribution in [0, 0.1) is 0 Å². The number of rotatable bonds is 6. The van der Waals surface area contributed by atoms with Gasteiger partial charge in [-0.25, -0.2) is 4.79 Å². The average Bonchev–Trinajstić information content (AvgIpc) is 2.55. The van der Waals surface area contributed by atoms with Gasteiger partial charge in [0.05, 0.1) is 7.11 Å². The van der Waals surface area contributed by atoms with E-state index in [2.05, 4.69) is 10.3 Å². The summed E-state index contributed by atoms with van der Waals surface area (Å²) in [6.45, 7) is 0. The van der Waals surface area contributed by atoms with E-state index in [1.165, 1.54) is 24.5 Å². The summed E-state index contributed by atoms with van der Waals surface area (Å²) in [4.78, 5) is 27.2. The van der Waals surface area contributed by atoms with E-state index in [1.54, 1.807) is 31.4 Å². The van der Waals surface area contributed by atoms with Gasteiger partial charge >= 0.3 is 5.97 Å². The van der Waals surface area contributed by atoms with Gasteiger partial charge in [-0.15, -0.1) is 0 Å². The van der Waals surface area contributed by atoms with E-state index < -0.39 is 17.9 Å². The lowest BCUT2D eigenvalue weighted by molar-refractivity contribution is -0.139. The van der Waals surface area contributed by atoms with E-state index in [-0.39, 0.29) is 6.42 Å². The van der Waals surface area contributed by atoms with Crippen LogP contribution in [0.3, 0.4) is 0 Å². The van der Waals surface area contributed by atoms with E-state index in [0.29, 0.717) is 11.3 Å². The minimum Gasteiger partial charge on any atom is -0.497 e. The molecule has 0 bridgehead atoms. The van der Waals surface area contributed by atoms with Gasteiger partial charge in [0.25, 0.3) is 5.91 Å². The third kappa shape index (κ3) is 4.05. The molecule has 2 rings (SSSR count). The summed E-state index contributed by atoms with van der Waals surface area (Å²) in [7, 11) is 1.56. The zero-order valence-electron chi connectivity index (χ0n) is 12.0. The first kappa shape index (κ1) is 15.5. The molecule has 0 unspecified atom stereocenters. The van der Waals surface area contributed by atoms with Crippen molar-refractivity contribution in [3.05, 3.63) is 59.9 Å². The predicted octanol–water partition coefficient (Wildman–Crippen LogP) is 1.52. The highest BCUT2D eigenvalue weighted by atomic mass is 16.5. The molecule has 2 aromatic rings. The third-order valence-electron chi connectivity index (χ3n) is 3.14. The van der Waals surface area contributed by atoms with Crippen LogP contribution < -0.4 is 10.1 Å². The molecule has 0 aliphatic rings. The standard InChI is InChI=1S/C16H16N2O4/c1-22-13-4-2-11(3-5-13)10-14(16(20)21)18-15(19)12-6-8-17-9-7-12/h2-9,14H,10H2,1H3,(H,18,19)(H,20,21)/t14-/m1/s1. The number of nitrogens with one attached hydrogen (secondary N) is 1. The van der Waals surface area contributed by atoms with Crippen LogP contribution in [0.2, 0.25) is 0 Å². The van der Waals surface area contributed by atoms with E-state index in [4.69, 9.17) is 4.74 Å². The molecule has 1 aromatic heterocycles. The second-order valence-electron chi connectivity index (χ2n) is 4.65. The smallest absolute Gasteiger partial charge is 0.326 e. The SMILES string of the molecule is COc1ccc(C[C@@H](NC(=O)c2ccncc2)C(=O)O)cc1. The van der Waals surface area contributed by atoms with Crippen molar-refractivity contribution in [1.29, 1.82) is 0 Å². The Labute approximate surface area is 127 Å². The van der Waals surface area contributed by atoms with Crippen molar-refractivity contribution in [3.63, 3.8) is 0 Å². The molecule has 1 atom stereocenters. The van der Waals surface area contributed by atoms with Gasteiger partial charge in [-0.05, 0) is 29.8 Å². The quantitative estimate of drug-likeness (QED) is 0.844. The molecule has 6 heteroatoms. The van der Waals surface area contributed by atoms with Crippen molar-refractivity contribution in [2.75, 3.05) is 7.11 Å². The summed E-state index contributed by atoms with van der Waals surface area (Å²) in [5, 5.41) is 11.8. The van der Waals surface area contributed by atoms with Crippen LogP contribution in [0.5, 0.6) is 5.75 Å². The summed E-state index contributed by atoms with van der Waals surface area (Å²) < 4.78 is 5.05. The topological polar surface area (TPSA) is 88.5 Å². The fourth-order valence-corrected chi connectivity index (χ4v) is 1.94. The molecular formula is C16H16N2O4. The second-order valence-corrected chi connectivity index (χ2v) is 4.65. The minimum absolute atomic E-state index is 0.191. The van der Waals surface area contributed by atoms with Crippen LogP contribution in [-0.4, -0.2) is 35.1 Å². The monoisotopic (exact) mass is 300 g/mol. The van der Waals surface area contributed by atoms with E-state index >= 15 is 0 Å². The van der Waals surface area contributed by atoms with Crippen molar-refractivity contribution < 1.29 is 19.4 Å². The lowest BCUT2D eigenvalue weighted by Crippen LogP contribution is -2.42. The molecular weight excluding hydrogens is 284 g/mol. The number of hydrogen-bond donors (Lipinski definition) is 2. The van der Waals surface area contributed by atoms with Gasteiger partial charge in [0.15, 0.2) is 0 Å². The molecule has 1 aromatic carbocycles.